The molecule has 1 unspecified atom stereocenters. The monoisotopic (exact) mass is 318 g/mol. The summed E-state index contributed by atoms with van der Waals surface area (Å²) in [5, 5.41) is 0. The number of hydrogen-bond acceptors (Lipinski definition) is 3. The van der Waals surface area contributed by atoms with Gasteiger partial charge in [-0.25, -0.2) is 0 Å². The first-order chi connectivity index (χ1) is 11.0. The normalized spacial score (nSPS) is 18.9. The number of benzene rings is 1. The third kappa shape index (κ3) is 4.33. The highest BCUT2D eigenvalue weighted by Gasteiger charge is 2.37. The van der Waals surface area contributed by atoms with Gasteiger partial charge < -0.3 is 15.4 Å². The summed E-state index contributed by atoms with van der Waals surface area (Å²) in [4.78, 5) is 14.4. The fourth-order valence-corrected chi connectivity index (χ4v) is 3.22. The van der Waals surface area contributed by atoms with E-state index >= 15 is 0 Å². The second kappa shape index (κ2) is 7.93. The second-order valence-corrected chi connectivity index (χ2v) is 7.05. The summed E-state index contributed by atoms with van der Waals surface area (Å²) < 4.78 is 5.67. The van der Waals surface area contributed by atoms with Gasteiger partial charge in [-0.05, 0) is 31.2 Å². The van der Waals surface area contributed by atoms with Gasteiger partial charge in [0.2, 0.25) is 0 Å². The van der Waals surface area contributed by atoms with Crippen molar-refractivity contribution >= 4 is 5.91 Å². The van der Waals surface area contributed by atoms with E-state index in [4.69, 9.17) is 10.5 Å². The summed E-state index contributed by atoms with van der Waals surface area (Å²) in [6, 6.07) is 10.5. The smallest absolute Gasteiger partial charge is 0.251 e. The molecule has 4 heteroatoms. The van der Waals surface area contributed by atoms with Crippen LogP contribution in [0, 0.1) is 5.92 Å². The molecule has 0 aromatic heterocycles. The maximum Gasteiger partial charge on any atom is 0.251 e. The van der Waals surface area contributed by atoms with Crippen molar-refractivity contribution in [1.82, 2.24) is 4.90 Å². The minimum Gasteiger partial charge on any atom is -0.368 e. The molecule has 128 valence electrons. The van der Waals surface area contributed by atoms with Gasteiger partial charge in [-0.3, -0.25) is 4.79 Å². The van der Waals surface area contributed by atoms with Crippen molar-refractivity contribution in [3.8, 4) is 0 Å². The minimum atomic E-state index is -0.362. The van der Waals surface area contributed by atoms with E-state index in [9.17, 15) is 4.79 Å². The van der Waals surface area contributed by atoms with Gasteiger partial charge in [0, 0.05) is 31.7 Å². The summed E-state index contributed by atoms with van der Waals surface area (Å²) >= 11 is 0. The van der Waals surface area contributed by atoms with Crippen LogP contribution in [0.1, 0.15) is 39.2 Å². The Kier molecular flexibility index (Phi) is 6.19. The quantitative estimate of drug-likeness (QED) is 0.877. The molecule has 1 saturated heterocycles. The third-order valence-electron chi connectivity index (χ3n) is 4.84. The lowest BCUT2D eigenvalue weighted by Gasteiger charge is -2.42. The van der Waals surface area contributed by atoms with Crippen LogP contribution in [0.25, 0.3) is 0 Å². The highest BCUT2D eigenvalue weighted by atomic mass is 16.5. The van der Waals surface area contributed by atoms with E-state index in [0.717, 1.165) is 25.9 Å². The Morgan fingerprint density at radius 1 is 1.22 bits per heavy atom. The van der Waals surface area contributed by atoms with Crippen molar-refractivity contribution in [1.29, 1.82) is 0 Å². The first-order valence-electron chi connectivity index (χ1n) is 8.64. The van der Waals surface area contributed by atoms with Gasteiger partial charge in [0.25, 0.3) is 5.91 Å². The summed E-state index contributed by atoms with van der Waals surface area (Å²) in [5.41, 5.74) is 7.39. The van der Waals surface area contributed by atoms with Gasteiger partial charge >= 0.3 is 0 Å². The Balaban J connectivity index is 1.96. The topological polar surface area (TPSA) is 55.6 Å². The average molecular weight is 318 g/mol. The lowest BCUT2D eigenvalue weighted by atomic mass is 9.73. The van der Waals surface area contributed by atoms with Crippen LogP contribution in [0.2, 0.25) is 0 Å². The first-order valence-corrected chi connectivity index (χ1v) is 8.64. The molecule has 2 rings (SSSR count). The van der Waals surface area contributed by atoms with Crippen LogP contribution in [0.15, 0.2) is 30.3 Å². The number of rotatable bonds is 6. The van der Waals surface area contributed by atoms with Crippen molar-refractivity contribution in [2.24, 2.45) is 11.7 Å². The summed E-state index contributed by atoms with van der Waals surface area (Å²) in [6.45, 7) is 8.78. The molecule has 0 aliphatic carbocycles. The molecule has 1 aromatic rings. The zero-order chi connectivity index (χ0) is 16.9. The Bertz CT molecular complexity index is 493. The molecule has 0 spiro atoms. The van der Waals surface area contributed by atoms with E-state index in [1.165, 1.54) is 5.56 Å². The SMILES string of the molecule is CC(C)COC(C)C(=O)N1CCC(CN)(c2ccccc2)CC1. The third-order valence-corrected chi connectivity index (χ3v) is 4.84. The van der Waals surface area contributed by atoms with Crippen LogP contribution in [0.5, 0.6) is 0 Å². The summed E-state index contributed by atoms with van der Waals surface area (Å²) in [6.07, 6.45) is 1.46. The van der Waals surface area contributed by atoms with Crippen molar-refractivity contribution in [2.45, 2.75) is 45.1 Å². The molecule has 1 aliphatic heterocycles. The molecule has 1 aromatic carbocycles. The predicted molar refractivity (Wildman–Crippen MR) is 93.2 cm³/mol. The molecule has 1 fully saturated rings. The molecule has 0 saturated carbocycles. The zero-order valence-electron chi connectivity index (χ0n) is 14.6. The molecule has 1 atom stereocenters. The predicted octanol–water partition coefficient (Wildman–Crippen LogP) is 2.57. The van der Waals surface area contributed by atoms with Crippen LogP contribution in [-0.2, 0) is 14.9 Å². The molecule has 23 heavy (non-hydrogen) atoms. The summed E-state index contributed by atoms with van der Waals surface area (Å²) in [7, 11) is 0. The lowest BCUT2D eigenvalue weighted by molar-refractivity contribution is -0.144. The van der Waals surface area contributed by atoms with Gasteiger partial charge in [-0.15, -0.1) is 0 Å². The number of carbonyl (C=O) groups is 1. The second-order valence-electron chi connectivity index (χ2n) is 7.05. The average Bonchev–Trinajstić information content (AvgIpc) is 2.59. The van der Waals surface area contributed by atoms with Gasteiger partial charge in [0.05, 0.1) is 0 Å². The molecule has 1 amide bonds. The molecule has 1 aliphatic rings. The van der Waals surface area contributed by atoms with E-state index in [1.807, 2.05) is 17.9 Å². The maximum absolute atomic E-state index is 12.5. The van der Waals surface area contributed by atoms with Crippen LogP contribution < -0.4 is 5.73 Å². The Morgan fingerprint density at radius 2 is 1.83 bits per heavy atom. The van der Waals surface area contributed by atoms with Crippen LogP contribution >= 0.6 is 0 Å². The van der Waals surface area contributed by atoms with Gasteiger partial charge in [0.1, 0.15) is 6.10 Å². The van der Waals surface area contributed by atoms with Gasteiger partial charge in [-0.1, -0.05) is 44.2 Å². The molecule has 0 bridgehead atoms. The van der Waals surface area contributed by atoms with Crippen molar-refractivity contribution in [2.75, 3.05) is 26.2 Å². The first kappa shape index (κ1) is 18.0. The standard InChI is InChI=1S/C19H30N2O2/c1-15(2)13-23-16(3)18(22)21-11-9-19(14-20,10-12-21)17-7-5-4-6-8-17/h4-8,15-16H,9-14,20H2,1-3H3. The van der Waals surface area contributed by atoms with E-state index < -0.39 is 0 Å². The number of amides is 1. The zero-order valence-corrected chi connectivity index (χ0v) is 14.6. The molecular formula is C19H30N2O2. The Labute approximate surface area is 140 Å². The van der Waals surface area contributed by atoms with Crippen molar-refractivity contribution in [3.05, 3.63) is 35.9 Å². The fraction of sp³-hybridized carbons (Fsp3) is 0.632. The molecule has 4 nitrogen and oxygen atoms in total. The van der Waals surface area contributed by atoms with Crippen LogP contribution in [-0.4, -0.2) is 43.2 Å². The number of likely N-dealkylation sites (tertiary alicyclic amines) is 1. The number of piperidine rings is 1. The van der Waals surface area contributed by atoms with Crippen LogP contribution in [0.3, 0.4) is 0 Å². The largest absolute Gasteiger partial charge is 0.368 e. The molecule has 2 N–H and O–H groups in total. The number of hydrogen-bond donors (Lipinski definition) is 1. The Morgan fingerprint density at radius 3 is 2.35 bits per heavy atom. The molecule has 1 heterocycles. The fourth-order valence-electron chi connectivity index (χ4n) is 3.22. The maximum atomic E-state index is 12.5. The number of nitrogens with zero attached hydrogens (tertiary/aromatic N) is 1. The number of carbonyl (C=O) groups excluding carboxylic acids is 1. The van der Waals surface area contributed by atoms with E-state index in [0.29, 0.717) is 19.1 Å². The van der Waals surface area contributed by atoms with Gasteiger partial charge in [-0.2, -0.15) is 0 Å². The molecule has 0 radical (unpaired) electrons. The van der Waals surface area contributed by atoms with E-state index in [1.54, 1.807) is 0 Å². The van der Waals surface area contributed by atoms with Crippen molar-refractivity contribution < 1.29 is 9.53 Å². The molecular weight excluding hydrogens is 288 g/mol. The van der Waals surface area contributed by atoms with Crippen LogP contribution in [0.4, 0.5) is 0 Å². The highest BCUT2D eigenvalue weighted by Crippen LogP contribution is 2.34. The summed E-state index contributed by atoms with van der Waals surface area (Å²) in [5.74, 6) is 0.541. The lowest BCUT2D eigenvalue weighted by Crippen LogP contribution is -2.50. The number of nitrogens with two attached hydrogens (primary N) is 1. The van der Waals surface area contributed by atoms with Gasteiger partial charge in [0.15, 0.2) is 0 Å². The van der Waals surface area contributed by atoms with E-state index in [2.05, 4.69) is 38.1 Å². The Hall–Kier alpha value is -1.39. The van der Waals surface area contributed by atoms with E-state index in [-0.39, 0.29) is 17.4 Å². The number of ether oxygens (including phenoxy) is 1. The minimum absolute atomic E-state index is 0.0000673. The van der Waals surface area contributed by atoms with Crippen molar-refractivity contribution in [3.63, 3.8) is 0 Å². The highest BCUT2D eigenvalue weighted by molar-refractivity contribution is 5.80.